The molecule has 0 aliphatic rings. The summed E-state index contributed by atoms with van der Waals surface area (Å²) in [5, 5.41) is -0.242. The molecule has 0 amide bonds. The van der Waals surface area contributed by atoms with Gasteiger partial charge in [0.05, 0.1) is 24.6 Å². The number of hydrogen-bond donors (Lipinski definition) is 1. The molecule has 2 rings (SSSR count). The number of ether oxygens (including phenoxy) is 1. The molecule has 0 bridgehead atoms. The third kappa shape index (κ3) is 5.01. The lowest BCUT2D eigenvalue weighted by atomic mass is 10.0. The first-order valence-corrected chi connectivity index (χ1v) is 9.20. The summed E-state index contributed by atoms with van der Waals surface area (Å²) in [6.07, 6.45) is -0.197. The Bertz CT molecular complexity index is 869. The molecule has 2 aromatic rings. The number of nitrogens with one attached hydrogen (secondary N) is 1. The highest BCUT2D eigenvalue weighted by atomic mass is 35.5. The number of methoxy groups -OCH3 is 1. The van der Waals surface area contributed by atoms with Crippen molar-refractivity contribution >= 4 is 27.6 Å². The second-order valence-corrected chi connectivity index (χ2v) is 7.53. The van der Waals surface area contributed by atoms with Gasteiger partial charge in [-0.15, -0.1) is 0 Å². The van der Waals surface area contributed by atoms with Gasteiger partial charge in [0, 0.05) is 0 Å². The number of carbonyl (C=O) groups excluding carboxylic acids is 1. The normalized spacial score (nSPS) is 12.6. The van der Waals surface area contributed by atoms with Crippen molar-refractivity contribution in [1.29, 1.82) is 0 Å². The molecule has 0 aliphatic heterocycles. The molecule has 134 valence electrons. The summed E-state index contributed by atoms with van der Waals surface area (Å²) >= 11 is 5.85. The van der Waals surface area contributed by atoms with Crippen LogP contribution in [0.3, 0.4) is 0 Å². The van der Waals surface area contributed by atoms with Crippen molar-refractivity contribution in [2.24, 2.45) is 0 Å². The minimum atomic E-state index is -4.08. The van der Waals surface area contributed by atoms with Crippen molar-refractivity contribution in [1.82, 2.24) is 4.72 Å². The van der Waals surface area contributed by atoms with Crippen LogP contribution in [-0.2, 0) is 19.6 Å². The quantitative estimate of drug-likeness (QED) is 0.774. The van der Waals surface area contributed by atoms with Crippen LogP contribution in [0.5, 0.6) is 0 Å². The predicted octanol–water partition coefficient (Wildman–Crippen LogP) is 3.37. The standard InChI is InChI=1S/C17H17ClFNO4S/c1-11-3-5-12(6-4-11)15(10-17(21)24-2)20-25(22,23)16-8-7-13(19)9-14(16)18/h3-9,15,20H,10H2,1-2H3/t15-/m0/s1. The van der Waals surface area contributed by atoms with Crippen molar-refractivity contribution in [3.8, 4) is 0 Å². The van der Waals surface area contributed by atoms with Gasteiger partial charge in [0.1, 0.15) is 10.7 Å². The second kappa shape index (κ2) is 7.95. The Hall–Kier alpha value is -1.96. The smallest absolute Gasteiger partial charge is 0.307 e. The molecule has 8 heteroatoms. The highest BCUT2D eigenvalue weighted by molar-refractivity contribution is 7.89. The van der Waals surface area contributed by atoms with E-state index in [1.54, 1.807) is 24.3 Å². The molecule has 0 heterocycles. The molecule has 1 N–H and O–H groups in total. The predicted molar refractivity (Wildman–Crippen MR) is 92.3 cm³/mol. The fourth-order valence-electron chi connectivity index (χ4n) is 2.22. The molecule has 2 aromatic carbocycles. The van der Waals surface area contributed by atoms with Crippen LogP contribution in [0, 0.1) is 12.7 Å². The van der Waals surface area contributed by atoms with Gasteiger partial charge in [0.15, 0.2) is 0 Å². The Morgan fingerprint density at radius 3 is 2.44 bits per heavy atom. The third-order valence-electron chi connectivity index (χ3n) is 3.56. The van der Waals surface area contributed by atoms with Crippen LogP contribution in [0.1, 0.15) is 23.6 Å². The molecule has 0 fully saturated rings. The van der Waals surface area contributed by atoms with E-state index in [1.165, 1.54) is 7.11 Å². The summed E-state index contributed by atoms with van der Waals surface area (Å²) in [5.74, 6) is -1.22. The molecule has 0 radical (unpaired) electrons. The van der Waals surface area contributed by atoms with E-state index in [-0.39, 0.29) is 16.3 Å². The summed E-state index contributed by atoms with van der Waals surface area (Å²) in [4.78, 5) is 11.4. The van der Waals surface area contributed by atoms with Gasteiger partial charge in [-0.25, -0.2) is 17.5 Å². The van der Waals surface area contributed by atoms with Gasteiger partial charge < -0.3 is 4.74 Å². The van der Waals surface area contributed by atoms with Crippen molar-refractivity contribution in [2.75, 3.05) is 7.11 Å². The number of esters is 1. The number of sulfonamides is 1. The van der Waals surface area contributed by atoms with Gasteiger partial charge in [0.25, 0.3) is 0 Å². The summed E-state index contributed by atoms with van der Waals surface area (Å²) in [6, 6.07) is 9.19. The van der Waals surface area contributed by atoms with Crippen molar-refractivity contribution in [2.45, 2.75) is 24.3 Å². The van der Waals surface area contributed by atoms with Gasteiger partial charge in [0.2, 0.25) is 10.0 Å². The fourth-order valence-corrected chi connectivity index (χ4v) is 3.98. The van der Waals surface area contributed by atoms with Crippen molar-refractivity contribution in [3.05, 3.63) is 64.4 Å². The van der Waals surface area contributed by atoms with Crippen LogP contribution in [0.15, 0.2) is 47.4 Å². The zero-order valence-electron chi connectivity index (χ0n) is 13.6. The lowest BCUT2D eigenvalue weighted by Gasteiger charge is -2.19. The van der Waals surface area contributed by atoms with Gasteiger partial charge in [-0.1, -0.05) is 41.4 Å². The number of rotatable bonds is 6. The van der Waals surface area contributed by atoms with Crippen molar-refractivity contribution in [3.63, 3.8) is 0 Å². The van der Waals surface area contributed by atoms with Gasteiger partial charge >= 0.3 is 5.97 Å². The highest BCUT2D eigenvalue weighted by Crippen LogP contribution is 2.26. The number of halogens is 2. The molecule has 0 saturated carbocycles. The largest absolute Gasteiger partial charge is 0.469 e. The Morgan fingerprint density at radius 2 is 1.88 bits per heavy atom. The highest BCUT2D eigenvalue weighted by Gasteiger charge is 2.26. The zero-order chi connectivity index (χ0) is 18.6. The average Bonchev–Trinajstić information content (AvgIpc) is 2.54. The van der Waals surface area contributed by atoms with E-state index in [2.05, 4.69) is 9.46 Å². The Labute approximate surface area is 150 Å². The molecule has 0 unspecified atom stereocenters. The summed E-state index contributed by atoms with van der Waals surface area (Å²) in [7, 11) is -2.85. The Kier molecular flexibility index (Phi) is 6.16. The number of aryl methyl sites for hydroxylation is 1. The summed E-state index contributed by atoms with van der Waals surface area (Å²) < 4.78 is 45.5. The number of carbonyl (C=O) groups is 1. The maximum Gasteiger partial charge on any atom is 0.307 e. The van der Waals surface area contributed by atoms with Crippen LogP contribution >= 0.6 is 11.6 Å². The first kappa shape index (κ1) is 19.4. The maximum absolute atomic E-state index is 13.2. The minimum absolute atomic E-state index is 0.197. The first-order chi connectivity index (χ1) is 11.7. The third-order valence-corrected chi connectivity index (χ3v) is 5.51. The fraction of sp³-hybridized carbons (Fsp3) is 0.235. The maximum atomic E-state index is 13.2. The molecule has 5 nitrogen and oxygen atoms in total. The minimum Gasteiger partial charge on any atom is -0.469 e. The lowest BCUT2D eigenvalue weighted by molar-refractivity contribution is -0.141. The van der Waals surface area contributed by atoms with E-state index in [1.807, 2.05) is 6.92 Å². The summed E-state index contributed by atoms with van der Waals surface area (Å²) in [5.41, 5.74) is 1.59. The molecule has 0 aliphatic carbocycles. The first-order valence-electron chi connectivity index (χ1n) is 7.33. The Morgan fingerprint density at radius 1 is 1.24 bits per heavy atom. The monoisotopic (exact) mass is 385 g/mol. The van der Waals surface area contributed by atoms with Gasteiger partial charge in [-0.2, -0.15) is 0 Å². The molecule has 1 atom stereocenters. The van der Waals surface area contributed by atoms with Crippen LogP contribution in [0.4, 0.5) is 4.39 Å². The van der Waals surface area contributed by atoms with Crippen molar-refractivity contribution < 1.29 is 22.3 Å². The number of hydrogen-bond acceptors (Lipinski definition) is 4. The molecule has 0 aromatic heterocycles. The number of benzene rings is 2. The Balaban J connectivity index is 2.37. The van der Waals surface area contributed by atoms with E-state index in [4.69, 9.17) is 11.6 Å². The van der Waals surface area contributed by atoms with Crippen LogP contribution in [-0.4, -0.2) is 21.5 Å². The van der Waals surface area contributed by atoms with E-state index in [0.717, 1.165) is 23.8 Å². The van der Waals surface area contributed by atoms with E-state index in [0.29, 0.717) is 5.56 Å². The van der Waals surface area contributed by atoms with Crippen LogP contribution < -0.4 is 4.72 Å². The van der Waals surface area contributed by atoms with Crippen LogP contribution in [0.25, 0.3) is 0 Å². The molecular weight excluding hydrogens is 369 g/mol. The SMILES string of the molecule is COC(=O)C[C@H](NS(=O)(=O)c1ccc(F)cc1Cl)c1ccc(C)cc1. The van der Waals surface area contributed by atoms with Crippen LogP contribution in [0.2, 0.25) is 5.02 Å². The van der Waals surface area contributed by atoms with Gasteiger partial charge in [-0.05, 0) is 30.7 Å². The second-order valence-electron chi connectivity index (χ2n) is 5.44. The van der Waals surface area contributed by atoms with E-state index in [9.17, 15) is 17.6 Å². The average molecular weight is 386 g/mol. The topological polar surface area (TPSA) is 72.5 Å². The van der Waals surface area contributed by atoms with E-state index >= 15 is 0 Å². The summed E-state index contributed by atoms with van der Waals surface area (Å²) in [6.45, 7) is 1.89. The van der Waals surface area contributed by atoms with Gasteiger partial charge in [-0.3, -0.25) is 4.79 Å². The molecule has 0 spiro atoms. The van der Waals surface area contributed by atoms with E-state index < -0.39 is 27.9 Å². The zero-order valence-corrected chi connectivity index (χ0v) is 15.2. The molecular formula is C17H17ClFNO4S. The molecule has 0 saturated heterocycles. The lowest BCUT2D eigenvalue weighted by Crippen LogP contribution is -2.30. The molecule has 25 heavy (non-hydrogen) atoms.